The molecular formula is C22H31N7S. The molecule has 2 N–H and O–H groups in total. The van der Waals surface area contributed by atoms with Crippen LogP contribution in [-0.2, 0) is 6.54 Å². The molecule has 0 spiro atoms. The molecule has 4 heterocycles. The van der Waals surface area contributed by atoms with Crippen LogP contribution in [0.2, 0.25) is 0 Å². The summed E-state index contributed by atoms with van der Waals surface area (Å²) in [6, 6.07) is 6.08. The fourth-order valence-electron chi connectivity index (χ4n) is 4.43. The first-order chi connectivity index (χ1) is 14.6. The van der Waals surface area contributed by atoms with E-state index >= 15 is 0 Å². The van der Waals surface area contributed by atoms with Gasteiger partial charge in [0.25, 0.3) is 0 Å². The Morgan fingerprint density at radius 3 is 2.47 bits per heavy atom. The molecule has 160 valence electrons. The normalized spacial score (nSPS) is 21.5. The zero-order chi connectivity index (χ0) is 20.9. The monoisotopic (exact) mass is 425 g/mol. The molecule has 0 radical (unpaired) electrons. The predicted molar refractivity (Wildman–Crippen MR) is 126 cm³/mol. The van der Waals surface area contributed by atoms with E-state index in [2.05, 4.69) is 45.3 Å². The molecule has 0 aromatic carbocycles. The van der Waals surface area contributed by atoms with Crippen molar-refractivity contribution >= 4 is 34.9 Å². The number of anilines is 3. The summed E-state index contributed by atoms with van der Waals surface area (Å²) >= 11 is 5.50. The van der Waals surface area contributed by atoms with Crippen LogP contribution in [0.4, 0.5) is 17.6 Å². The maximum absolute atomic E-state index is 5.50. The summed E-state index contributed by atoms with van der Waals surface area (Å²) in [6.07, 6.45) is 7.29. The molecule has 2 atom stereocenters. The second-order valence-corrected chi connectivity index (χ2v) is 9.03. The van der Waals surface area contributed by atoms with Gasteiger partial charge in [-0.1, -0.05) is 19.9 Å². The minimum Gasteiger partial charge on any atom is -0.358 e. The molecule has 0 aliphatic carbocycles. The number of hydrogen-bond acceptors (Lipinski definition) is 6. The van der Waals surface area contributed by atoms with Gasteiger partial charge in [-0.25, -0.2) is 0 Å². The number of nitrogens with zero attached hydrogens (tertiary/aromatic N) is 5. The van der Waals surface area contributed by atoms with Crippen LogP contribution in [0, 0.1) is 11.8 Å². The lowest BCUT2D eigenvalue weighted by Gasteiger charge is -2.36. The first kappa shape index (κ1) is 20.8. The molecule has 0 amide bonds. The zero-order valence-corrected chi connectivity index (χ0v) is 18.7. The molecule has 7 nitrogen and oxygen atoms in total. The van der Waals surface area contributed by atoms with E-state index in [1.54, 1.807) is 6.20 Å². The van der Waals surface area contributed by atoms with Gasteiger partial charge >= 0.3 is 0 Å². The van der Waals surface area contributed by atoms with Crippen LogP contribution in [0.1, 0.15) is 38.7 Å². The molecular weight excluding hydrogens is 394 g/mol. The highest BCUT2D eigenvalue weighted by atomic mass is 32.1. The van der Waals surface area contributed by atoms with E-state index in [4.69, 9.17) is 22.2 Å². The van der Waals surface area contributed by atoms with Crippen molar-refractivity contribution in [1.29, 1.82) is 0 Å². The largest absolute Gasteiger partial charge is 0.358 e. The molecule has 0 saturated carbocycles. The van der Waals surface area contributed by atoms with E-state index in [9.17, 15) is 0 Å². The molecule has 8 heteroatoms. The second-order valence-electron chi connectivity index (χ2n) is 8.62. The predicted octanol–water partition coefficient (Wildman–Crippen LogP) is 3.44. The van der Waals surface area contributed by atoms with Crippen molar-refractivity contribution in [2.24, 2.45) is 11.8 Å². The Hall–Kier alpha value is -2.48. The van der Waals surface area contributed by atoms with E-state index in [1.165, 1.54) is 19.3 Å². The lowest BCUT2D eigenvalue weighted by Crippen LogP contribution is -2.39. The maximum Gasteiger partial charge on any atom is 0.232 e. The number of nitrogens with one attached hydrogen (secondary N) is 2. The van der Waals surface area contributed by atoms with Crippen LogP contribution < -0.4 is 20.4 Å². The Kier molecular flexibility index (Phi) is 6.62. The summed E-state index contributed by atoms with van der Waals surface area (Å²) in [4.78, 5) is 18.5. The summed E-state index contributed by atoms with van der Waals surface area (Å²) in [5, 5.41) is 6.94. The maximum atomic E-state index is 5.50. The van der Waals surface area contributed by atoms with E-state index < -0.39 is 0 Å². The van der Waals surface area contributed by atoms with Gasteiger partial charge in [0.15, 0.2) is 5.11 Å². The van der Waals surface area contributed by atoms with Gasteiger partial charge in [0.1, 0.15) is 11.6 Å². The Labute approximate surface area is 184 Å². The highest BCUT2D eigenvalue weighted by molar-refractivity contribution is 7.80. The summed E-state index contributed by atoms with van der Waals surface area (Å²) in [5.41, 5.74) is 1.07. The third kappa shape index (κ3) is 5.36. The number of thiocarbonyl (C=S) groups is 1. The number of aromatic nitrogens is 3. The lowest BCUT2D eigenvalue weighted by molar-refractivity contribution is 0.355. The summed E-state index contributed by atoms with van der Waals surface area (Å²) in [5.74, 6) is 3.86. The smallest absolute Gasteiger partial charge is 0.232 e. The van der Waals surface area contributed by atoms with Crippen LogP contribution in [0.5, 0.6) is 0 Å². The number of piperidine rings is 1. The van der Waals surface area contributed by atoms with Crippen molar-refractivity contribution in [1.82, 2.24) is 20.3 Å². The molecule has 2 aliphatic heterocycles. The molecule has 0 bridgehead atoms. The Bertz CT molecular complexity index is 844. The molecule has 2 fully saturated rings. The summed E-state index contributed by atoms with van der Waals surface area (Å²) in [6.45, 7) is 9.41. The quantitative estimate of drug-likeness (QED) is 0.706. The average Bonchev–Trinajstić information content (AvgIpc) is 3.27. The fraction of sp³-hybridized carbons (Fsp3) is 0.545. The van der Waals surface area contributed by atoms with Gasteiger partial charge in [-0.15, -0.1) is 0 Å². The minimum atomic E-state index is 0.517. The summed E-state index contributed by atoms with van der Waals surface area (Å²) < 4.78 is 0. The molecule has 4 rings (SSSR count). The first-order valence-electron chi connectivity index (χ1n) is 10.9. The van der Waals surface area contributed by atoms with E-state index in [-0.39, 0.29) is 0 Å². The third-order valence-corrected chi connectivity index (χ3v) is 5.97. The Morgan fingerprint density at radius 2 is 1.80 bits per heavy atom. The van der Waals surface area contributed by atoms with Gasteiger partial charge in [-0.2, -0.15) is 9.97 Å². The van der Waals surface area contributed by atoms with Crippen molar-refractivity contribution in [3.05, 3.63) is 36.2 Å². The van der Waals surface area contributed by atoms with Crippen LogP contribution in [0.15, 0.2) is 30.6 Å². The summed E-state index contributed by atoms with van der Waals surface area (Å²) in [7, 11) is 0. The SMILES string of the molecule is C[C@@H]1C[C@H](C)CN(c2cc(N3CCCC3)nc(NC(=S)NCc3cccnc3)n2)C1. The van der Waals surface area contributed by atoms with Crippen LogP contribution >= 0.6 is 12.2 Å². The second kappa shape index (κ2) is 9.55. The van der Waals surface area contributed by atoms with Crippen molar-refractivity contribution in [2.75, 3.05) is 41.3 Å². The topological polar surface area (TPSA) is 69.2 Å². The highest BCUT2D eigenvalue weighted by Crippen LogP contribution is 2.29. The van der Waals surface area contributed by atoms with Crippen molar-refractivity contribution in [3.8, 4) is 0 Å². The van der Waals surface area contributed by atoms with Gasteiger partial charge < -0.3 is 20.4 Å². The van der Waals surface area contributed by atoms with Crippen molar-refractivity contribution in [2.45, 2.75) is 39.7 Å². The molecule has 2 saturated heterocycles. The number of pyridine rings is 1. The number of hydrogen-bond donors (Lipinski definition) is 2. The minimum absolute atomic E-state index is 0.517. The molecule has 2 aromatic heterocycles. The molecule has 30 heavy (non-hydrogen) atoms. The Balaban J connectivity index is 1.50. The van der Waals surface area contributed by atoms with Gasteiger partial charge in [-0.3, -0.25) is 4.98 Å². The Morgan fingerprint density at radius 1 is 1.10 bits per heavy atom. The fourth-order valence-corrected chi connectivity index (χ4v) is 4.59. The van der Waals surface area contributed by atoms with Crippen LogP contribution in [0.3, 0.4) is 0 Å². The van der Waals surface area contributed by atoms with Gasteiger partial charge in [0, 0.05) is 51.2 Å². The number of rotatable bonds is 5. The standard InChI is InChI=1S/C22H31N7S/c1-16-10-17(2)15-29(14-16)20-11-19(28-8-3-4-9-28)25-21(26-20)27-22(30)24-13-18-6-5-7-23-12-18/h5-7,11-12,16-17H,3-4,8-10,13-15H2,1-2H3,(H2,24,25,26,27,30)/t16-,17+. The zero-order valence-electron chi connectivity index (χ0n) is 17.8. The third-order valence-electron chi connectivity index (χ3n) is 5.72. The van der Waals surface area contributed by atoms with E-state index in [1.807, 2.05) is 18.3 Å². The van der Waals surface area contributed by atoms with E-state index in [0.29, 0.717) is 29.4 Å². The molecule has 2 aromatic rings. The lowest BCUT2D eigenvalue weighted by atomic mass is 9.92. The van der Waals surface area contributed by atoms with Crippen molar-refractivity contribution in [3.63, 3.8) is 0 Å². The molecule has 0 unspecified atom stereocenters. The van der Waals surface area contributed by atoms with Gasteiger partial charge in [-0.05, 0) is 54.9 Å². The van der Waals surface area contributed by atoms with E-state index in [0.717, 1.165) is 43.4 Å². The average molecular weight is 426 g/mol. The first-order valence-corrected chi connectivity index (χ1v) is 11.3. The molecule has 2 aliphatic rings. The van der Waals surface area contributed by atoms with Gasteiger partial charge in [0.2, 0.25) is 5.95 Å². The van der Waals surface area contributed by atoms with Crippen LogP contribution in [0.25, 0.3) is 0 Å². The van der Waals surface area contributed by atoms with Crippen LogP contribution in [-0.4, -0.2) is 46.2 Å². The highest BCUT2D eigenvalue weighted by Gasteiger charge is 2.25. The van der Waals surface area contributed by atoms with Crippen molar-refractivity contribution < 1.29 is 0 Å². The van der Waals surface area contributed by atoms with Gasteiger partial charge in [0.05, 0.1) is 0 Å².